The highest BCUT2D eigenvalue weighted by Gasteiger charge is 2.14. The molecule has 2 aromatic rings. The van der Waals surface area contributed by atoms with Crippen molar-refractivity contribution in [2.24, 2.45) is 5.73 Å². The highest BCUT2D eigenvalue weighted by atomic mass is 16.3. The molecule has 0 atom stereocenters. The zero-order valence-corrected chi connectivity index (χ0v) is 8.53. The molecule has 2 rings (SSSR count). The van der Waals surface area contributed by atoms with E-state index in [9.17, 15) is 9.90 Å². The molecule has 0 aliphatic heterocycles. The third-order valence-electron chi connectivity index (χ3n) is 2.50. The van der Waals surface area contributed by atoms with Gasteiger partial charge in [0.05, 0.1) is 11.3 Å². The quantitative estimate of drug-likeness (QED) is 0.604. The van der Waals surface area contributed by atoms with Crippen LogP contribution in [0.2, 0.25) is 0 Å². The van der Waals surface area contributed by atoms with Crippen molar-refractivity contribution >= 4 is 5.65 Å². The van der Waals surface area contributed by atoms with Crippen molar-refractivity contribution in [3.05, 3.63) is 27.2 Å². The third-order valence-corrected chi connectivity index (χ3v) is 2.50. The van der Waals surface area contributed by atoms with Crippen LogP contribution in [0.4, 0.5) is 0 Å². The van der Waals surface area contributed by atoms with Gasteiger partial charge in [0.2, 0.25) is 5.88 Å². The molecule has 4 N–H and O–H groups in total. The van der Waals surface area contributed by atoms with E-state index in [0.717, 1.165) is 5.56 Å². The second-order valence-electron chi connectivity index (χ2n) is 3.43. The van der Waals surface area contributed by atoms with Gasteiger partial charge in [-0.1, -0.05) is 0 Å². The van der Waals surface area contributed by atoms with Gasteiger partial charge in [-0.05, 0) is 13.8 Å². The SMILES string of the molecule is Cc1nn2c(O)c(C)c(=O)[nH]c2c1CN. The second kappa shape index (κ2) is 3.09. The third kappa shape index (κ3) is 1.22. The van der Waals surface area contributed by atoms with Crippen LogP contribution < -0.4 is 11.3 Å². The summed E-state index contributed by atoms with van der Waals surface area (Å²) in [5.41, 5.74) is 7.36. The molecule has 0 amide bonds. The summed E-state index contributed by atoms with van der Waals surface area (Å²) < 4.78 is 1.30. The van der Waals surface area contributed by atoms with E-state index in [4.69, 9.17) is 5.73 Å². The molecule has 0 aliphatic rings. The largest absolute Gasteiger partial charge is 0.493 e. The summed E-state index contributed by atoms with van der Waals surface area (Å²) in [6.07, 6.45) is 0. The number of aromatic amines is 1. The van der Waals surface area contributed by atoms with Gasteiger partial charge in [-0.25, -0.2) is 0 Å². The van der Waals surface area contributed by atoms with Gasteiger partial charge in [0.15, 0.2) is 0 Å². The molecule has 0 saturated heterocycles. The topological polar surface area (TPSA) is 96.4 Å². The number of hydrogen-bond donors (Lipinski definition) is 3. The summed E-state index contributed by atoms with van der Waals surface area (Å²) in [5.74, 6) is -0.142. The van der Waals surface area contributed by atoms with E-state index in [2.05, 4.69) is 10.1 Å². The van der Waals surface area contributed by atoms with Crippen molar-refractivity contribution in [1.29, 1.82) is 0 Å². The molecule has 80 valence electrons. The lowest BCUT2D eigenvalue weighted by Crippen LogP contribution is -2.13. The van der Waals surface area contributed by atoms with Gasteiger partial charge in [-0.3, -0.25) is 4.79 Å². The number of aromatic nitrogens is 3. The molecule has 0 unspecified atom stereocenters. The number of hydrogen-bond acceptors (Lipinski definition) is 4. The Morgan fingerprint density at radius 2 is 2.20 bits per heavy atom. The smallest absolute Gasteiger partial charge is 0.257 e. The Labute approximate surface area is 85.3 Å². The first-order valence-corrected chi connectivity index (χ1v) is 4.56. The summed E-state index contributed by atoms with van der Waals surface area (Å²) in [5, 5.41) is 13.8. The average molecular weight is 208 g/mol. The van der Waals surface area contributed by atoms with Crippen molar-refractivity contribution in [2.45, 2.75) is 20.4 Å². The highest BCUT2D eigenvalue weighted by Crippen LogP contribution is 2.18. The number of nitrogens with zero attached hydrogens (tertiary/aromatic N) is 2. The lowest BCUT2D eigenvalue weighted by Gasteiger charge is -2.01. The van der Waals surface area contributed by atoms with Gasteiger partial charge < -0.3 is 15.8 Å². The van der Waals surface area contributed by atoms with Crippen LogP contribution in [0.25, 0.3) is 5.65 Å². The zero-order chi connectivity index (χ0) is 11.2. The van der Waals surface area contributed by atoms with Crippen LogP contribution in [-0.2, 0) is 6.54 Å². The summed E-state index contributed by atoms with van der Waals surface area (Å²) in [6.45, 7) is 3.59. The maximum atomic E-state index is 11.4. The minimum Gasteiger partial charge on any atom is -0.493 e. The minimum atomic E-state index is -0.324. The maximum Gasteiger partial charge on any atom is 0.257 e. The van der Waals surface area contributed by atoms with E-state index < -0.39 is 0 Å². The molecule has 0 spiro atoms. The van der Waals surface area contributed by atoms with Crippen molar-refractivity contribution in [1.82, 2.24) is 14.6 Å². The summed E-state index contributed by atoms with van der Waals surface area (Å²) in [4.78, 5) is 14.1. The fraction of sp³-hybridized carbons (Fsp3) is 0.333. The van der Waals surface area contributed by atoms with Crippen LogP contribution in [0.5, 0.6) is 5.88 Å². The molecule has 2 aromatic heterocycles. The molecule has 0 bridgehead atoms. The van der Waals surface area contributed by atoms with Crippen LogP contribution in [0.15, 0.2) is 4.79 Å². The summed E-state index contributed by atoms with van der Waals surface area (Å²) in [6, 6.07) is 0. The molecule has 0 aliphatic carbocycles. The van der Waals surface area contributed by atoms with Gasteiger partial charge in [0.1, 0.15) is 5.65 Å². The van der Waals surface area contributed by atoms with E-state index in [1.807, 2.05) is 0 Å². The molecule has 0 saturated carbocycles. The molecular formula is C9H12N4O2. The predicted octanol–water partition coefficient (Wildman–Crippen LogP) is -0.196. The predicted molar refractivity (Wildman–Crippen MR) is 54.8 cm³/mol. The van der Waals surface area contributed by atoms with E-state index in [-0.39, 0.29) is 23.5 Å². The van der Waals surface area contributed by atoms with Gasteiger partial charge in [-0.15, -0.1) is 0 Å². The Kier molecular flexibility index (Phi) is 2.01. The van der Waals surface area contributed by atoms with Crippen molar-refractivity contribution in [3.63, 3.8) is 0 Å². The molecule has 6 heteroatoms. The number of aryl methyl sites for hydroxylation is 1. The standard InChI is InChI=1S/C9H12N4O2/c1-4-8(14)11-7-6(3-10)5(2)12-13(7)9(4)15/h15H,3,10H2,1-2H3,(H,11,14). The van der Waals surface area contributed by atoms with Crippen molar-refractivity contribution in [3.8, 4) is 5.88 Å². The van der Waals surface area contributed by atoms with Crippen LogP contribution in [-0.4, -0.2) is 19.7 Å². The van der Waals surface area contributed by atoms with Gasteiger partial charge >= 0.3 is 0 Å². The summed E-state index contributed by atoms with van der Waals surface area (Å²) in [7, 11) is 0. The second-order valence-corrected chi connectivity index (χ2v) is 3.43. The number of nitrogens with two attached hydrogens (primary N) is 1. The first kappa shape index (κ1) is 9.72. The van der Waals surface area contributed by atoms with Crippen LogP contribution in [0, 0.1) is 13.8 Å². The number of rotatable bonds is 1. The first-order chi connectivity index (χ1) is 7.06. The molecule has 0 aromatic carbocycles. The van der Waals surface area contributed by atoms with E-state index in [0.29, 0.717) is 11.3 Å². The van der Waals surface area contributed by atoms with Crippen molar-refractivity contribution < 1.29 is 5.11 Å². The Hall–Kier alpha value is -1.82. The number of fused-ring (bicyclic) bond motifs is 1. The Balaban J connectivity index is 2.98. The monoisotopic (exact) mass is 208 g/mol. The Morgan fingerprint density at radius 1 is 1.53 bits per heavy atom. The van der Waals surface area contributed by atoms with Gasteiger partial charge in [-0.2, -0.15) is 9.61 Å². The highest BCUT2D eigenvalue weighted by molar-refractivity contribution is 5.52. The molecule has 2 heterocycles. The normalized spacial score (nSPS) is 11.1. The number of nitrogens with one attached hydrogen (secondary N) is 1. The maximum absolute atomic E-state index is 11.4. The molecule has 15 heavy (non-hydrogen) atoms. The van der Waals surface area contributed by atoms with E-state index in [1.54, 1.807) is 6.92 Å². The van der Waals surface area contributed by atoms with Crippen LogP contribution >= 0.6 is 0 Å². The minimum absolute atomic E-state index is 0.142. The lowest BCUT2D eigenvalue weighted by atomic mass is 10.2. The molecule has 0 radical (unpaired) electrons. The summed E-state index contributed by atoms with van der Waals surface area (Å²) >= 11 is 0. The number of H-pyrrole nitrogens is 1. The first-order valence-electron chi connectivity index (χ1n) is 4.56. The van der Waals surface area contributed by atoms with Gasteiger partial charge in [0, 0.05) is 12.1 Å². The lowest BCUT2D eigenvalue weighted by molar-refractivity contribution is 0.429. The number of aromatic hydroxyl groups is 1. The average Bonchev–Trinajstić information content (AvgIpc) is 2.51. The fourth-order valence-electron chi connectivity index (χ4n) is 1.55. The fourth-order valence-corrected chi connectivity index (χ4v) is 1.55. The van der Waals surface area contributed by atoms with Crippen LogP contribution in [0.3, 0.4) is 0 Å². The van der Waals surface area contributed by atoms with Gasteiger partial charge in [0.25, 0.3) is 5.56 Å². The van der Waals surface area contributed by atoms with E-state index >= 15 is 0 Å². The van der Waals surface area contributed by atoms with Crippen LogP contribution in [0.1, 0.15) is 16.8 Å². The Morgan fingerprint density at radius 3 is 2.80 bits per heavy atom. The zero-order valence-electron chi connectivity index (χ0n) is 8.53. The Bertz CT molecular complexity index is 582. The molecular weight excluding hydrogens is 196 g/mol. The molecule has 0 fully saturated rings. The van der Waals surface area contributed by atoms with Crippen molar-refractivity contribution in [2.75, 3.05) is 0 Å². The van der Waals surface area contributed by atoms with E-state index in [1.165, 1.54) is 11.4 Å². The molecule has 6 nitrogen and oxygen atoms in total.